The van der Waals surface area contributed by atoms with Gasteiger partial charge < -0.3 is 9.88 Å². The SMILES string of the molecule is CNc1nc(Cl)nc2c1ccn2Cc1ccccc1. The van der Waals surface area contributed by atoms with E-state index in [-0.39, 0.29) is 5.28 Å². The van der Waals surface area contributed by atoms with Gasteiger partial charge in [-0.25, -0.2) is 4.98 Å². The topological polar surface area (TPSA) is 42.7 Å². The van der Waals surface area contributed by atoms with E-state index in [1.165, 1.54) is 5.56 Å². The third kappa shape index (κ3) is 2.27. The maximum Gasteiger partial charge on any atom is 0.226 e. The molecule has 0 saturated heterocycles. The molecule has 0 spiro atoms. The van der Waals surface area contributed by atoms with E-state index >= 15 is 0 Å². The molecule has 5 heteroatoms. The molecule has 1 N–H and O–H groups in total. The molecule has 4 nitrogen and oxygen atoms in total. The average Bonchev–Trinajstić information content (AvgIpc) is 2.82. The van der Waals surface area contributed by atoms with Gasteiger partial charge in [-0.15, -0.1) is 0 Å². The molecule has 0 aliphatic carbocycles. The monoisotopic (exact) mass is 272 g/mol. The van der Waals surface area contributed by atoms with Gasteiger partial charge in [0.25, 0.3) is 0 Å². The largest absolute Gasteiger partial charge is 0.372 e. The summed E-state index contributed by atoms with van der Waals surface area (Å²) in [4.78, 5) is 8.49. The predicted octanol–water partition coefficient (Wildman–Crippen LogP) is 3.17. The molecule has 2 aromatic heterocycles. The van der Waals surface area contributed by atoms with E-state index in [9.17, 15) is 0 Å². The lowest BCUT2D eigenvalue weighted by Crippen LogP contribution is -2.01. The molecule has 19 heavy (non-hydrogen) atoms. The Morgan fingerprint density at radius 3 is 2.68 bits per heavy atom. The smallest absolute Gasteiger partial charge is 0.226 e. The second-order valence-electron chi connectivity index (χ2n) is 4.26. The fraction of sp³-hybridized carbons (Fsp3) is 0.143. The summed E-state index contributed by atoms with van der Waals surface area (Å²) in [5.41, 5.74) is 2.06. The minimum Gasteiger partial charge on any atom is -0.372 e. The summed E-state index contributed by atoms with van der Waals surface area (Å²) in [7, 11) is 1.83. The fourth-order valence-corrected chi connectivity index (χ4v) is 2.30. The summed E-state index contributed by atoms with van der Waals surface area (Å²) < 4.78 is 2.07. The van der Waals surface area contributed by atoms with Gasteiger partial charge in [0.15, 0.2) is 0 Å². The Morgan fingerprint density at radius 2 is 1.95 bits per heavy atom. The molecule has 0 radical (unpaired) electrons. The molecule has 0 fully saturated rings. The van der Waals surface area contributed by atoms with E-state index in [4.69, 9.17) is 11.6 Å². The molecule has 3 aromatic rings. The van der Waals surface area contributed by atoms with Crippen LogP contribution in [0, 0.1) is 0 Å². The summed E-state index contributed by atoms with van der Waals surface area (Å²) in [6, 6.07) is 12.3. The molecule has 0 bridgehead atoms. The highest BCUT2D eigenvalue weighted by molar-refractivity contribution is 6.28. The Hall–Kier alpha value is -2.07. The first-order chi connectivity index (χ1) is 9.28. The lowest BCUT2D eigenvalue weighted by molar-refractivity contribution is 0.824. The molecule has 3 rings (SSSR count). The number of hydrogen-bond donors (Lipinski definition) is 1. The molecule has 0 aliphatic rings. The number of nitrogens with zero attached hydrogens (tertiary/aromatic N) is 3. The number of hydrogen-bond acceptors (Lipinski definition) is 3. The maximum atomic E-state index is 5.96. The highest BCUT2D eigenvalue weighted by atomic mass is 35.5. The van der Waals surface area contributed by atoms with Crippen LogP contribution >= 0.6 is 11.6 Å². The van der Waals surface area contributed by atoms with E-state index in [1.54, 1.807) is 0 Å². The standard InChI is InChI=1S/C14H13ClN4/c1-16-12-11-7-8-19(13(11)18-14(15)17-12)9-10-5-3-2-4-6-10/h2-8H,9H2,1H3,(H,16,17,18). The first kappa shape index (κ1) is 12.0. The van der Waals surface area contributed by atoms with Crippen LogP contribution in [-0.4, -0.2) is 21.6 Å². The first-order valence-electron chi connectivity index (χ1n) is 6.02. The second kappa shape index (κ2) is 4.90. The number of nitrogens with one attached hydrogen (secondary N) is 1. The third-order valence-electron chi connectivity index (χ3n) is 3.02. The summed E-state index contributed by atoms with van der Waals surface area (Å²) in [6.45, 7) is 0.765. The van der Waals surface area contributed by atoms with Crippen LogP contribution in [0.3, 0.4) is 0 Å². The molecule has 1 aromatic carbocycles. The van der Waals surface area contributed by atoms with Crippen LogP contribution in [0.5, 0.6) is 0 Å². The number of rotatable bonds is 3. The molecule has 0 unspecified atom stereocenters. The van der Waals surface area contributed by atoms with Gasteiger partial charge in [-0.3, -0.25) is 0 Å². The average molecular weight is 273 g/mol. The van der Waals surface area contributed by atoms with Crippen molar-refractivity contribution in [3.8, 4) is 0 Å². The molecule has 0 amide bonds. The zero-order chi connectivity index (χ0) is 13.2. The minimum atomic E-state index is 0.255. The Kier molecular flexibility index (Phi) is 3.09. The fourth-order valence-electron chi connectivity index (χ4n) is 2.14. The Balaban J connectivity index is 2.08. The zero-order valence-electron chi connectivity index (χ0n) is 10.5. The third-order valence-corrected chi connectivity index (χ3v) is 3.19. The van der Waals surface area contributed by atoms with Crippen molar-refractivity contribution in [1.29, 1.82) is 0 Å². The van der Waals surface area contributed by atoms with Crippen molar-refractivity contribution >= 4 is 28.5 Å². The summed E-state index contributed by atoms with van der Waals surface area (Å²) in [5.74, 6) is 0.752. The highest BCUT2D eigenvalue weighted by Crippen LogP contribution is 2.23. The Labute approximate surface area is 116 Å². The summed E-state index contributed by atoms with van der Waals surface area (Å²) >= 11 is 5.96. The molecular weight excluding hydrogens is 260 g/mol. The van der Waals surface area contributed by atoms with Crippen molar-refractivity contribution in [3.63, 3.8) is 0 Å². The normalized spacial score (nSPS) is 10.8. The van der Waals surface area contributed by atoms with Crippen molar-refractivity contribution in [1.82, 2.24) is 14.5 Å². The molecular formula is C14H13ClN4. The van der Waals surface area contributed by atoms with Crippen LogP contribution < -0.4 is 5.32 Å². The van der Waals surface area contributed by atoms with Gasteiger partial charge in [0.05, 0.1) is 5.39 Å². The van der Waals surface area contributed by atoms with Crippen LogP contribution in [-0.2, 0) is 6.54 Å². The van der Waals surface area contributed by atoms with E-state index in [1.807, 2.05) is 37.5 Å². The van der Waals surface area contributed by atoms with Crippen molar-refractivity contribution in [2.24, 2.45) is 0 Å². The quantitative estimate of drug-likeness (QED) is 0.745. The number of aromatic nitrogens is 3. The molecule has 0 aliphatic heterocycles. The highest BCUT2D eigenvalue weighted by Gasteiger charge is 2.09. The number of anilines is 1. The number of fused-ring (bicyclic) bond motifs is 1. The second-order valence-corrected chi connectivity index (χ2v) is 4.60. The van der Waals surface area contributed by atoms with Gasteiger partial charge in [-0.05, 0) is 23.2 Å². The number of benzene rings is 1. The van der Waals surface area contributed by atoms with E-state index in [0.717, 1.165) is 23.4 Å². The van der Waals surface area contributed by atoms with E-state index in [0.29, 0.717) is 0 Å². The van der Waals surface area contributed by atoms with Gasteiger partial charge in [-0.2, -0.15) is 4.98 Å². The Bertz CT molecular complexity index is 706. The van der Waals surface area contributed by atoms with Crippen LogP contribution in [0.15, 0.2) is 42.6 Å². The lowest BCUT2D eigenvalue weighted by atomic mass is 10.2. The van der Waals surface area contributed by atoms with Gasteiger partial charge >= 0.3 is 0 Å². The van der Waals surface area contributed by atoms with Crippen LogP contribution in [0.4, 0.5) is 5.82 Å². The molecule has 0 saturated carbocycles. The summed E-state index contributed by atoms with van der Waals surface area (Å²) in [6.07, 6.45) is 2.00. The van der Waals surface area contributed by atoms with Crippen molar-refractivity contribution in [2.75, 3.05) is 12.4 Å². The Morgan fingerprint density at radius 1 is 1.16 bits per heavy atom. The van der Waals surface area contributed by atoms with Crippen LogP contribution in [0.25, 0.3) is 11.0 Å². The molecule has 0 atom stereocenters. The van der Waals surface area contributed by atoms with E-state index in [2.05, 4.69) is 32.0 Å². The van der Waals surface area contributed by atoms with Crippen molar-refractivity contribution < 1.29 is 0 Å². The summed E-state index contributed by atoms with van der Waals surface area (Å²) in [5, 5.41) is 4.27. The van der Waals surface area contributed by atoms with Crippen molar-refractivity contribution in [2.45, 2.75) is 6.54 Å². The molecule has 2 heterocycles. The van der Waals surface area contributed by atoms with Crippen molar-refractivity contribution in [3.05, 3.63) is 53.4 Å². The lowest BCUT2D eigenvalue weighted by Gasteiger charge is -2.06. The van der Waals surface area contributed by atoms with Gasteiger partial charge in [0.2, 0.25) is 5.28 Å². The minimum absolute atomic E-state index is 0.255. The molecule has 96 valence electrons. The van der Waals surface area contributed by atoms with Gasteiger partial charge in [0.1, 0.15) is 11.5 Å². The predicted molar refractivity (Wildman–Crippen MR) is 77.6 cm³/mol. The zero-order valence-corrected chi connectivity index (χ0v) is 11.2. The van der Waals surface area contributed by atoms with Crippen LogP contribution in [0.2, 0.25) is 5.28 Å². The van der Waals surface area contributed by atoms with Gasteiger partial charge in [-0.1, -0.05) is 30.3 Å². The maximum absolute atomic E-state index is 5.96. The number of halogens is 1. The van der Waals surface area contributed by atoms with Gasteiger partial charge in [0, 0.05) is 19.8 Å². The van der Waals surface area contributed by atoms with E-state index < -0.39 is 0 Å². The van der Waals surface area contributed by atoms with Crippen LogP contribution in [0.1, 0.15) is 5.56 Å². The first-order valence-corrected chi connectivity index (χ1v) is 6.40.